The van der Waals surface area contributed by atoms with Gasteiger partial charge in [-0.25, -0.2) is 4.99 Å². The molecule has 0 saturated carbocycles. The molecule has 2 aromatic rings. The average Bonchev–Trinajstić information content (AvgIpc) is 3.16. The second-order valence-corrected chi connectivity index (χ2v) is 7.29. The van der Waals surface area contributed by atoms with Crippen LogP contribution in [0.25, 0.3) is 0 Å². The highest BCUT2D eigenvalue weighted by Crippen LogP contribution is 2.29. The minimum atomic E-state index is -4.39. The molecule has 5 nitrogen and oxygen atoms in total. The number of benzene rings is 1. The lowest BCUT2D eigenvalue weighted by molar-refractivity contribution is -0.137. The van der Waals surface area contributed by atoms with Crippen molar-refractivity contribution in [3.8, 4) is 0 Å². The van der Waals surface area contributed by atoms with E-state index in [1.165, 1.54) is 15.8 Å². The maximum atomic E-state index is 12.9. The lowest BCUT2D eigenvalue weighted by Gasteiger charge is -2.15. The molecule has 152 valence electrons. The molecule has 1 heterocycles. The molecule has 0 radical (unpaired) electrons. The summed E-state index contributed by atoms with van der Waals surface area (Å²) in [5.74, 6) is 0.246. The molecule has 0 atom stereocenters. The van der Waals surface area contributed by atoms with Gasteiger partial charge in [0.05, 0.1) is 18.7 Å². The number of hydrogen-bond acceptors (Lipinski definition) is 3. The number of alkyl halides is 3. The van der Waals surface area contributed by atoms with Gasteiger partial charge in [-0.2, -0.15) is 13.2 Å². The number of rotatable bonds is 7. The Hall–Kier alpha value is -2.55. The monoisotopic (exact) mass is 412 g/mol. The summed E-state index contributed by atoms with van der Waals surface area (Å²) in [7, 11) is 3.29. The highest BCUT2D eigenvalue weighted by Gasteiger charge is 2.30. The lowest BCUT2D eigenvalue weighted by atomic mass is 10.1. The van der Waals surface area contributed by atoms with E-state index in [0.29, 0.717) is 18.1 Å². The molecule has 0 aliphatic heterocycles. The predicted molar refractivity (Wildman–Crippen MR) is 105 cm³/mol. The van der Waals surface area contributed by atoms with Gasteiger partial charge in [0.1, 0.15) is 0 Å². The first kappa shape index (κ1) is 21.7. The van der Waals surface area contributed by atoms with Crippen LogP contribution < -0.4 is 10.6 Å². The molecule has 2 N–H and O–H groups in total. The quantitative estimate of drug-likeness (QED) is 0.543. The maximum absolute atomic E-state index is 12.9. The van der Waals surface area contributed by atoms with Crippen molar-refractivity contribution >= 4 is 23.2 Å². The SMILES string of the molecule is CN(C)C(=O)CNC(=NCc1cccc(C(F)(F)F)c1)NCCc1cccs1. The Kier molecular flexibility index (Phi) is 7.86. The number of carbonyl (C=O) groups is 1. The molecule has 0 spiro atoms. The first-order valence-corrected chi connectivity index (χ1v) is 9.54. The third-order valence-corrected chi connectivity index (χ3v) is 4.76. The number of amides is 1. The lowest BCUT2D eigenvalue weighted by Crippen LogP contribution is -2.43. The van der Waals surface area contributed by atoms with Gasteiger partial charge in [-0.05, 0) is 35.6 Å². The number of nitrogens with one attached hydrogen (secondary N) is 2. The average molecular weight is 412 g/mol. The van der Waals surface area contributed by atoms with Gasteiger partial charge < -0.3 is 15.5 Å². The summed E-state index contributed by atoms with van der Waals surface area (Å²) in [5, 5.41) is 8.04. The molecule has 1 aromatic carbocycles. The van der Waals surface area contributed by atoms with E-state index in [2.05, 4.69) is 15.6 Å². The van der Waals surface area contributed by atoms with Crippen molar-refractivity contribution in [2.24, 2.45) is 4.99 Å². The number of guanidine groups is 1. The van der Waals surface area contributed by atoms with E-state index in [1.807, 2.05) is 17.5 Å². The largest absolute Gasteiger partial charge is 0.416 e. The molecular weight excluding hydrogens is 389 g/mol. The van der Waals surface area contributed by atoms with Gasteiger partial charge in [-0.15, -0.1) is 11.3 Å². The Labute approximate surface area is 166 Å². The standard InChI is InChI=1S/C19H23F3N4OS/c1-26(2)17(27)13-25-18(23-9-8-16-7-4-10-28-16)24-12-14-5-3-6-15(11-14)19(20,21)22/h3-7,10-11H,8-9,12-13H2,1-2H3,(H2,23,24,25). The third-order valence-electron chi connectivity index (χ3n) is 3.82. The van der Waals surface area contributed by atoms with Gasteiger partial charge >= 0.3 is 6.18 Å². The summed E-state index contributed by atoms with van der Waals surface area (Å²) >= 11 is 1.64. The van der Waals surface area contributed by atoms with Crippen LogP contribution in [0.3, 0.4) is 0 Å². The van der Waals surface area contributed by atoms with Crippen LogP contribution in [0.15, 0.2) is 46.8 Å². The number of thiophene rings is 1. The van der Waals surface area contributed by atoms with E-state index < -0.39 is 11.7 Å². The fraction of sp³-hybridized carbons (Fsp3) is 0.368. The minimum Gasteiger partial charge on any atom is -0.356 e. The smallest absolute Gasteiger partial charge is 0.356 e. The van der Waals surface area contributed by atoms with Gasteiger partial charge in [-0.3, -0.25) is 4.79 Å². The molecule has 0 aliphatic carbocycles. The first-order chi connectivity index (χ1) is 13.3. The van der Waals surface area contributed by atoms with Crippen LogP contribution in [-0.2, 0) is 23.9 Å². The molecule has 28 heavy (non-hydrogen) atoms. The Bertz CT molecular complexity index is 789. The molecule has 9 heteroatoms. The zero-order valence-electron chi connectivity index (χ0n) is 15.7. The van der Waals surface area contributed by atoms with Gasteiger partial charge in [0.15, 0.2) is 5.96 Å². The van der Waals surface area contributed by atoms with E-state index in [4.69, 9.17) is 0 Å². The molecule has 0 unspecified atom stereocenters. The van der Waals surface area contributed by atoms with Crippen LogP contribution >= 0.6 is 11.3 Å². The summed E-state index contributed by atoms with van der Waals surface area (Å²) in [5.41, 5.74) is -0.267. The molecule has 1 amide bonds. The minimum absolute atomic E-state index is 0.0421. The number of hydrogen-bond donors (Lipinski definition) is 2. The Balaban J connectivity index is 2.02. The van der Waals surface area contributed by atoms with E-state index in [1.54, 1.807) is 31.5 Å². The van der Waals surface area contributed by atoms with Crippen molar-refractivity contribution in [2.45, 2.75) is 19.1 Å². The van der Waals surface area contributed by atoms with E-state index >= 15 is 0 Å². The topological polar surface area (TPSA) is 56.7 Å². The number of aliphatic imine (C=N–C) groups is 1. The van der Waals surface area contributed by atoms with Crippen molar-refractivity contribution in [3.05, 3.63) is 57.8 Å². The van der Waals surface area contributed by atoms with Crippen LogP contribution in [0, 0.1) is 0 Å². The van der Waals surface area contributed by atoms with Crippen molar-refractivity contribution in [1.82, 2.24) is 15.5 Å². The predicted octanol–water partition coefficient (Wildman–Crippen LogP) is 3.13. The maximum Gasteiger partial charge on any atom is 0.416 e. The van der Waals surface area contributed by atoms with Crippen molar-refractivity contribution < 1.29 is 18.0 Å². The van der Waals surface area contributed by atoms with E-state index in [9.17, 15) is 18.0 Å². The summed E-state index contributed by atoms with van der Waals surface area (Å²) in [6.45, 7) is 0.694. The van der Waals surface area contributed by atoms with Crippen LogP contribution in [0.5, 0.6) is 0 Å². The Morgan fingerprint density at radius 1 is 1.18 bits per heavy atom. The highest BCUT2D eigenvalue weighted by molar-refractivity contribution is 7.09. The molecule has 0 fully saturated rings. The van der Waals surface area contributed by atoms with Crippen molar-refractivity contribution in [3.63, 3.8) is 0 Å². The summed E-state index contributed by atoms with van der Waals surface area (Å²) in [6.07, 6.45) is -3.61. The summed E-state index contributed by atoms with van der Waals surface area (Å²) in [4.78, 5) is 18.8. The summed E-state index contributed by atoms with van der Waals surface area (Å²) < 4.78 is 38.6. The van der Waals surface area contributed by atoms with Crippen LogP contribution in [-0.4, -0.2) is 44.0 Å². The Morgan fingerprint density at radius 2 is 1.96 bits per heavy atom. The van der Waals surface area contributed by atoms with Crippen molar-refractivity contribution in [1.29, 1.82) is 0 Å². The fourth-order valence-corrected chi connectivity index (χ4v) is 2.98. The van der Waals surface area contributed by atoms with Crippen LogP contribution in [0.4, 0.5) is 13.2 Å². The normalized spacial score (nSPS) is 12.0. The Morgan fingerprint density at radius 3 is 2.61 bits per heavy atom. The zero-order valence-corrected chi connectivity index (χ0v) is 16.5. The second kappa shape index (κ2) is 10.1. The van der Waals surface area contributed by atoms with Gasteiger partial charge in [0.25, 0.3) is 0 Å². The van der Waals surface area contributed by atoms with Gasteiger partial charge in [-0.1, -0.05) is 18.2 Å². The molecule has 0 aliphatic rings. The van der Waals surface area contributed by atoms with E-state index in [0.717, 1.165) is 18.6 Å². The molecule has 2 rings (SSSR count). The summed E-state index contributed by atoms with van der Waals surface area (Å²) in [6, 6.07) is 9.05. The molecule has 0 saturated heterocycles. The molecule has 1 aromatic heterocycles. The number of nitrogens with zero attached hydrogens (tertiary/aromatic N) is 2. The van der Waals surface area contributed by atoms with Crippen molar-refractivity contribution in [2.75, 3.05) is 27.2 Å². The highest BCUT2D eigenvalue weighted by atomic mass is 32.1. The molecule has 0 bridgehead atoms. The first-order valence-electron chi connectivity index (χ1n) is 8.66. The van der Waals surface area contributed by atoms with E-state index in [-0.39, 0.29) is 19.0 Å². The number of carbonyl (C=O) groups excluding carboxylic acids is 1. The van der Waals surface area contributed by atoms with Crippen LogP contribution in [0.2, 0.25) is 0 Å². The fourth-order valence-electron chi connectivity index (χ4n) is 2.27. The number of likely N-dealkylation sites (N-methyl/N-ethyl adjacent to an activating group) is 1. The van der Waals surface area contributed by atoms with Gasteiger partial charge in [0, 0.05) is 25.5 Å². The molecular formula is C19H23F3N4OS. The second-order valence-electron chi connectivity index (χ2n) is 6.26. The zero-order chi connectivity index (χ0) is 20.6. The van der Waals surface area contributed by atoms with Gasteiger partial charge in [0.2, 0.25) is 5.91 Å². The number of halogens is 3. The van der Waals surface area contributed by atoms with Crippen LogP contribution in [0.1, 0.15) is 16.0 Å². The third kappa shape index (κ3) is 7.22.